The van der Waals surface area contributed by atoms with Gasteiger partial charge < -0.3 is 10.0 Å². The average molecular weight is 290 g/mol. The first kappa shape index (κ1) is 14.4. The van der Waals surface area contributed by atoms with Crippen LogP contribution < -0.4 is 0 Å². The lowest BCUT2D eigenvalue weighted by molar-refractivity contribution is -0.138. The van der Waals surface area contributed by atoms with E-state index in [1.165, 1.54) is 0 Å². The van der Waals surface area contributed by atoms with Gasteiger partial charge in [0, 0.05) is 23.6 Å². The third-order valence-electron chi connectivity index (χ3n) is 3.16. The maximum absolute atomic E-state index is 12.4. The number of benzene rings is 1. The van der Waals surface area contributed by atoms with E-state index in [-0.39, 0.29) is 18.4 Å². The van der Waals surface area contributed by atoms with Gasteiger partial charge in [-0.05, 0) is 24.3 Å². The van der Waals surface area contributed by atoms with E-state index in [2.05, 4.69) is 0 Å². The number of carboxylic acids is 1. The van der Waals surface area contributed by atoms with Gasteiger partial charge in [0.25, 0.3) is 5.91 Å². The molecule has 0 spiro atoms. The molecule has 20 heavy (non-hydrogen) atoms. The molecule has 104 valence electrons. The van der Waals surface area contributed by atoms with Crippen molar-refractivity contribution in [2.75, 3.05) is 18.1 Å². The minimum atomic E-state index is -0.893. The second-order valence-corrected chi connectivity index (χ2v) is 5.66. The highest BCUT2D eigenvalue weighted by Gasteiger charge is 2.29. The third kappa shape index (κ3) is 3.31. The molecule has 5 nitrogen and oxygen atoms in total. The van der Waals surface area contributed by atoms with Gasteiger partial charge in [-0.1, -0.05) is 0 Å². The normalized spacial score (nSPS) is 18.4. The fourth-order valence-electron chi connectivity index (χ4n) is 2.15. The quantitative estimate of drug-likeness (QED) is 0.914. The summed E-state index contributed by atoms with van der Waals surface area (Å²) in [6.45, 7) is 0.557. The van der Waals surface area contributed by atoms with Crippen LogP contribution in [0, 0.1) is 11.3 Å². The Morgan fingerprint density at radius 2 is 2.10 bits per heavy atom. The molecule has 0 radical (unpaired) electrons. The van der Waals surface area contributed by atoms with E-state index < -0.39 is 5.97 Å². The highest BCUT2D eigenvalue weighted by molar-refractivity contribution is 7.99. The van der Waals surface area contributed by atoms with Crippen LogP contribution in [0.15, 0.2) is 24.3 Å². The largest absolute Gasteiger partial charge is 0.481 e. The van der Waals surface area contributed by atoms with Gasteiger partial charge in [0.05, 0.1) is 24.1 Å². The fourth-order valence-corrected chi connectivity index (χ4v) is 3.21. The van der Waals surface area contributed by atoms with Crippen LogP contribution in [0.3, 0.4) is 0 Å². The van der Waals surface area contributed by atoms with E-state index in [4.69, 9.17) is 10.4 Å². The van der Waals surface area contributed by atoms with Gasteiger partial charge in [-0.25, -0.2) is 0 Å². The summed E-state index contributed by atoms with van der Waals surface area (Å²) in [5.74, 6) is 0.406. The molecule has 6 heteroatoms. The Kier molecular flexibility index (Phi) is 4.64. The van der Waals surface area contributed by atoms with Gasteiger partial charge in [0.2, 0.25) is 0 Å². The number of rotatable bonds is 3. The summed E-state index contributed by atoms with van der Waals surface area (Å²) in [5, 5.41) is 17.7. The van der Waals surface area contributed by atoms with E-state index in [1.807, 2.05) is 6.07 Å². The molecule has 1 aromatic rings. The molecule has 1 aliphatic heterocycles. The van der Waals surface area contributed by atoms with Crippen molar-refractivity contribution in [1.29, 1.82) is 5.26 Å². The Labute approximate surface area is 121 Å². The number of carbonyl (C=O) groups excluding carboxylic acids is 1. The van der Waals surface area contributed by atoms with Gasteiger partial charge >= 0.3 is 5.97 Å². The number of hydrogen-bond donors (Lipinski definition) is 1. The second kappa shape index (κ2) is 6.44. The molecule has 1 aliphatic rings. The lowest BCUT2D eigenvalue weighted by atomic mass is 10.1. The molecule has 0 saturated carbocycles. The number of nitriles is 1. The van der Waals surface area contributed by atoms with Gasteiger partial charge in [-0.15, -0.1) is 0 Å². The van der Waals surface area contributed by atoms with E-state index in [0.717, 1.165) is 5.75 Å². The Morgan fingerprint density at radius 1 is 1.40 bits per heavy atom. The molecule has 0 bridgehead atoms. The smallest absolute Gasteiger partial charge is 0.305 e. The number of thioether (sulfide) groups is 1. The van der Waals surface area contributed by atoms with Crippen molar-refractivity contribution >= 4 is 23.6 Å². The number of nitrogens with zero attached hydrogens (tertiary/aromatic N) is 2. The van der Waals surface area contributed by atoms with Crippen molar-refractivity contribution < 1.29 is 14.7 Å². The molecule has 1 N–H and O–H groups in total. The SMILES string of the molecule is N#Cc1ccc(C(=O)N2CCSCC2CC(=O)O)cc1. The van der Waals surface area contributed by atoms with Gasteiger partial charge in [-0.3, -0.25) is 9.59 Å². The summed E-state index contributed by atoms with van der Waals surface area (Å²) in [6, 6.07) is 8.15. The van der Waals surface area contributed by atoms with Crippen molar-refractivity contribution in [2.45, 2.75) is 12.5 Å². The van der Waals surface area contributed by atoms with Crippen molar-refractivity contribution in [2.24, 2.45) is 0 Å². The molecule has 1 aromatic carbocycles. The summed E-state index contributed by atoms with van der Waals surface area (Å²) in [5.41, 5.74) is 0.990. The summed E-state index contributed by atoms with van der Waals surface area (Å²) >= 11 is 1.67. The molecule has 1 atom stereocenters. The first-order chi connectivity index (χ1) is 9.61. The topological polar surface area (TPSA) is 81.4 Å². The van der Waals surface area contributed by atoms with Crippen molar-refractivity contribution in [3.63, 3.8) is 0 Å². The first-order valence-electron chi connectivity index (χ1n) is 6.22. The summed E-state index contributed by atoms with van der Waals surface area (Å²) < 4.78 is 0. The van der Waals surface area contributed by atoms with Crippen molar-refractivity contribution in [1.82, 2.24) is 4.90 Å². The Balaban J connectivity index is 2.16. The lowest BCUT2D eigenvalue weighted by Gasteiger charge is -2.34. The van der Waals surface area contributed by atoms with E-state index >= 15 is 0 Å². The van der Waals surface area contributed by atoms with E-state index in [9.17, 15) is 9.59 Å². The molecule has 1 heterocycles. The first-order valence-corrected chi connectivity index (χ1v) is 7.38. The Morgan fingerprint density at radius 3 is 2.70 bits per heavy atom. The highest BCUT2D eigenvalue weighted by Crippen LogP contribution is 2.21. The number of hydrogen-bond acceptors (Lipinski definition) is 4. The molecule has 1 amide bonds. The van der Waals surface area contributed by atoms with Crippen LogP contribution in [0.25, 0.3) is 0 Å². The van der Waals surface area contributed by atoms with Crippen LogP contribution in [-0.4, -0.2) is 46.0 Å². The molecule has 2 rings (SSSR count). The van der Waals surface area contributed by atoms with Gasteiger partial charge in [0.1, 0.15) is 0 Å². The van der Waals surface area contributed by atoms with E-state index in [0.29, 0.717) is 23.4 Å². The second-order valence-electron chi connectivity index (χ2n) is 4.51. The van der Waals surface area contributed by atoms with Crippen LogP contribution in [0.4, 0.5) is 0 Å². The minimum Gasteiger partial charge on any atom is -0.481 e. The van der Waals surface area contributed by atoms with Crippen LogP contribution in [0.5, 0.6) is 0 Å². The Hall–Kier alpha value is -2.00. The van der Waals surface area contributed by atoms with Crippen LogP contribution >= 0.6 is 11.8 Å². The predicted molar refractivity (Wildman–Crippen MR) is 75.6 cm³/mol. The van der Waals surface area contributed by atoms with Gasteiger partial charge in [-0.2, -0.15) is 17.0 Å². The molecule has 0 aliphatic carbocycles. The maximum Gasteiger partial charge on any atom is 0.305 e. The highest BCUT2D eigenvalue weighted by atomic mass is 32.2. The molecule has 1 fully saturated rings. The molecular weight excluding hydrogens is 276 g/mol. The van der Waals surface area contributed by atoms with Crippen LogP contribution in [-0.2, 0) is 4.79 Å². The zero-order valence-corrected chi connectivity index (χ0v) is 11.6. The van der Waals surface area contributed by atoms with Gasteiger partial charge in [0.15, 0.2) is 0 Å². The average Bonchev–Trinajstić information content (AvgIpc) is 2.46. The third-order valence-corrected chi connectivity index (χ3v) is 4.25. The van der Waals surface area contributed by atoms with Crippen molar-refractivity contribution in [3.8, 4) is 6.07 Å². The fraction of sp³-hybridized carbons (Fsp3) is 0.357. The molecule has 1 saturated heterocycles. The van der Waals surface area contributed by atoms with Crippen LogP contribution in [0.2, 0.25) is 0 Å². The monoisotopic (exact) mass is 290 g/mol. The summed E-state index contributed by atoms with van der Waals surface area (Å²) in [7, 11) is 0. The molecule has 0 aromatic heterocycles. The number of aliphatic carboxylic acids is 1. The zero-order chi connectivity index (χ0) is 14.5. The Bertz CT molecular complexity index is 551. The minimum absolute atomic E-state index is 0.0327. The van der Waals surface area contributed by atoms with E-state index in [1.54, 1.807) is 40.9 Å². The number of carboxylic acid groups (broad SMARTS) is 1. The predicted octanol–water partition coefficient (Wildman–Crippen LogP) is 1.59. The summed E-state index contributed by atoms with van der Waals surface area (Å²) in [4.78, 5) is 24.9. The maximum atomic E-state index is 12.4. The van der Waals surface area contributed by atoms with Crippen molar-refractivity contribution in [3.05, 3.63) is 35.4 Å². The summed E-state index contributed by atoms with van der Waals surface area (Å²) in [6.07, 6.45) is -0.0327. The number of amides is 1. The molecule has 1 unspecified atom stereocenters. The lowest BCUT2D eigenvalue weighted by Crippen LogP contribution is -2.47. The zero-order valence-electron chi connectivity index (χ0n) is 10.8. The standard InChI is InChI=1S/C14H14N2O3S/c15-8-10-1-3-11(4-2-10)14(19)16-5-6-20-9-12(16)7-13(17)18/h1-4,12H,5-7,9H2,(H,17,18). The van der Waals surface area contributed by atoms with Crippen LogP contribution in [0.1, 0.15) is 22.3 Å². The molecular formula is C14H14N2O3S. The number of carbonyl (C=O) groups is 2.